The van der Waals surface area contributed by atoms with E-state index in [0.717, 1.165) is 0 Å². The lowest BCUT2D eigenvalue weighted by molar-refractivity contribution is -0.115. The molecule has 0 bridgehead atoms. The summed E-state index contributed by atoms with van der Waals surface area (Å²) in [5, 5.41) is 7.32. The molecule has 0 saturated heterocycles. The summed E-state index contributed by atoms with van der Waals surface area (Å²) in [6, 6.07) is 12.1. The highest BCUT2D eigenvalue weighted by Gasteiger charge is 2.10. The second kappa shape index (κ2) is 7.79. The minimum absolute atomic E-state index is 0.0597. The van der Waals surface area contributed by atoms with Crippen molar-refractivity contribution in [3.63, 3.8) is 0 Å². The van der Waals surface area contributed by atoms with Crippen LogP contribution < -0.4 is 20.7 Å². The van der Waals surface area contributed by atoms with Gasteiger partial charge in [-0.2, -0.15) is 0 Å². The number of urea groups is 1. The molecule has 120 valence electrons. The van der Waals surface area contributed by atoms with Gasteiger partial charge in [-0.1, -0.05) is 24.3 Å². The molecule has 0 aliphatic heterocycles. The standard InChI is InChI=1S/C16H16FN3O3/c1-23-14-9-5-4-8-13(14)20-16(22)18-10-15(21)19-12-7-3-2-6-11(12)17/h2-9H,10H2,1H3,(H,19,21)(H2,18,20,22). The Labute approximate surface area is 132 Å². The van der Waals surface area contributed by atoms with Gasteiger partial charge in [-0.15, -0.1) is 0 Å². The van der Waals surface area contributed by atoms with Crippen LogP contribution in [0.25, 0.3) is 0 Å². The smallest absolute Gasteiger partial charge is 0.319 e. The molecule has 0 aliphatic rings. The molecule has 7 heteroatoms. The van der Waals surface area contributed by atoms with Gasteiger partial charge >= 0.3 is 6.03 Å². The van der Waals surface area contributed by atoms with Crippen molar-refractivity contribution in [2.45, 2.75) is 0 Å². The first kappa shape index (κ1) is 16.3. The zero-order chi connectivity index (χ0) is 16.7. The van der Waals surface area contributed by atoms with Gasteiger partial charge in [-0.3, -0.25) is 4.79 Å². The number of hydrogen-bond acceptors (Lipinski definition) is 3. The molecule has 0 radical (unpaired) electrons. The Morgan fingerprint density at radius 2 is 1.65 bits per heavy atom. The van der Waals surface area contributed by atoms with E-state index in [0.29, 0.717) is 11.4 Å². The lowest BCUT2D eigenvalue weighted by Gasteiger charge is -2.11. The van der Waals surface area contributed by atoms with Crippen molar-refractivity contribution in [1.82, 2.24) is 5.32 Å². The van der Waals surface area contributed by atoms with Crippen molar-refractivity contribution in [2.75, 3.05) is 24.3 Å². The van der Waals surface area contributed by atoms with E-state index in [1.807, 2.05) is 0 Å². The number of carbonyl (C=O) groups excluding carboxylic acids is 2. The van der Waals surface area contributed by atoms with E-state index in [9.17, 15) is 14.0 Å². The lowest BCUT2D eigenvalue weighted by Crippen LogP contribution is -2.36. The minimum atomic E-state index is -0.571. The second-order valence-corrected chi connectivity index (χ2v) is 4.54. The normalized spacial score (nSPS) is 9.83. The van der Waals surface area contributed by atoms with E-state index in [4.69, 9.17) is 4.74 Å². The number of ether oxygens (including phenoxy) is 1. The van der Waals surface area contributed by atoms with Crippen molar-refractivity contribution >= 4 is 23.3 Å². The molecule has 0 fully saturated rings. The Balaban J connectivity index is 1.84. The average molecular weight is 317 g/mol. The van der Waals surface area contributed by atoms with Gasteiger partial charge in [0, 0.05) is 0 Å². The molecule has 0 spiro atoms. The molecule has 2 aromatic carbocycles. The fourth-order valence-electron chi connectivity index (χ4n) is 1.83. The maximum atomic E-state index is 13.4. The first-order valence-corrected chi connectivity index (χ1v) is 6.82. The highest BCUT2D eigenvalue weighted by molar-refractivity contribution is 5.97. The van der Waals surface area contributed by atoms with Crippen LogP contribution in [0.5, 0.6) is 5.75 Å². The third-order valence-corrected chi connectivity index (χ3v) is 2.91. The van der Waals surface area contributed by atoms with E-state index >= 15 is 0 Å². The van der Waals surface area contributed by atoms with Crippen LogP contribution in [0.1, 0.15) is 0 Å². The molecule has 0 unspecified atom stereocenters. The van der Waals surface area contributed by atoms with E-state index in [-0.39, 0.29) is 12.2 Å². The number of nitrogens with one attached hydrogen (secondary N) is 3. The van der Waals surface area contributed by atoms with Crippen LogP contribution in [0.2, 0.25) is 0 Å². The third kappa shape index (κ3) is 4.70. The average Bonchev–Trinajstić information content (AvgIpc) is 2.55. The molecule has 0 aliphatic carbocycles. The van der Waals surface area contributed by atoms with Crippen LogP contribution in [0.3, 0.4) is 0 Å². The first-order valence-electron chi connectivity index (χ1n) is 6.82. The number of methoxy groups -OCH3 is 1. The van der Waals surface area contributed by atoms with Gasteiger partial charge in [-0.25, -0.2) is 9.18 Å². The molecule has 0 atom stereocenters. The summed E-state index contributed by atoms with van der Waals surface area (Å²) in [5.74, 6) is -0.581. The van der Waals surface area contributed by atoms with Crippen LogP contribution >= 0.6 is 0 Å². The van der Waals surface area contributed by atoms with Gasteiger partial charge < -0.3 is 20.7 Å². The van der Waals surface area contributed by atoms with E-state index in [1.54, 1.807) is 30.3 Å². The topological polar surface area (TPSA) is 79.5 Å². The number of para-hydroxylation sites is 3. The monoisotopic (exact) mass is 317 g/mol. The SMILES string of the molecule is COc1ccccc1NC(=O)NCC(=O)Nc1ccccc1F. The Morgan fingerprint density at radius 3 is 2.35 bits per heavy atom. The molecule has 2 rings (SSSR count). The van der Waals surface area contributed by atoms with Gasteiger partial charge in [0.25, 0.3) is 0 Å². The van der Waals surface area contributed by atoms with Crippen molar-refractivity contribution in [2.24, 2.45) is 0 Å². The van der Waals surface area contributed by atoms with Crippen molar-refractivity contribution < 1.29 is 18.7 Å². The van der Waals surface area contributed by atoms with Gasteiger partial charge in [0.2, 0.25) is 5.91 Å². The van der Waals surface area contributed by atoms with Crippen LogP contribution in [-0.4, -0.2) is 25.6 Å². The molecule has 6 nitrogen and oxygen atoms in total. The molecule has 23 heavy (non-hydrogen) atoms. The highest BCUT2D eigenvalue weighted by atomic mass is 19.1. The van der Waals surface area contributed by atoms with Crippen molar-refractivity contribution in [1.29, 1.82) is 0 Å². The first-order chi connectivity index (χ1) is 11.1. The Hall–Kier alpha value is -3.09. The zero-order valence-corrected chi connectivity index (χ0v) is 12.4. The number of amides is 3. The number of rotatable bonds is 5. The molecule has 0 aromatic heterocycles. The molecule has 2 aromatic rings. The number of anilines is 2. The van der Waals surface area contributed by atoms with E-state index in [2.05, 4.69) is 16.0 Å². The van der Waals surface area contributed by atoms with Gasteiger partial charge in [0.1, 0.15) is 11.6 Å². The maximum Gasteiger partial charge on any atom is 0.319 e. The summed E-state index contributed by atoms with van der Waals surface area (Å²) in [6.07, 6.45) is 0. The van der Waals surface area contributed by atoms with Crippen LogP contribution in [0.4, 0.5) is 20.6 Å². The summed E-state index contributed by atoms with van der Waals surface area (Å²) in [6.45, 7) is -0.296. The van der Waals surface area contributed by atoms with Crippen molar-refractivity contribution in [3.8, 4) is 5.75 Å². The van der Waals surface area contributed by atoms with Gasteiger partial charge in [0.05, 0.1) is 25.0 Å². The van der Waals surface area contributed by atoms with Gasteiger partial charge in [0.15, 0.2) is 0 Å². The summed E-state index contributed by atoms with van der Waals surface area (Å²) < 4.78 is 18.5. The van der Waals surface area contributed by atoms with E-state index < -0.39 is 17.8 Å². The summed E-state index contributed by atoms with van der Waals surface area (Å²) in [5.41, 5.74) is 0.534. The van der Waals surface area contributed by atoms with Crippen molar-refractivity contribution in [3.05, 3.63) is 54.3 Å². The zero-order valence-electron chi connectivity index (χ0n) is 12.4. The number of carbonyl (C=O) groups is 2. The van der Waals surface area contributed by atoms with Crippen LogP contribution in [0.15, 0.2) is 48.5 Å². The second-order valence-electron chi connectivity index (χ2n) is 4.54. The fourth-order valence-corrected chi connectivity index (χ4v) is 1.83. The quantitative estimate of drug-likeness (QED) is 0.793. The Bertz CT molecular complexity index is 706. The fraction of sp³-hybridized carbons (Fsp3) is 0.125. The van der Waals surface area contributed by atoms with E-state index in [1.165, 1.54) is 25.3 Å². The number of benzene rings is 2. The maximum absolute atomic E-state index is 13.4. The number of halogens is 1. The van der Waals surface area contributed by atoms with Crippen LogP contribution in [0, 0.1) is 5.82 Å². The molecule has 3 amide bonds. The Morgan fingerprint density at radius 1 is 1.00 bits per heavy atom. The third-order valence-electron chi connectivity index (χ3n) is 2.91. The predicted octanol–water partition coefficient (Wildman–Crippen LogP) is 2.59. The number of hydrogen-bond donors (Lipinski definition) is 3. The molecule has 0 saturated carbocycles. The molecular weight excluding hydrogens is 301 g/mol. The Kier molecular flexibility index (Phi) is 5.51. The van der Waals surface area contributed by atoms with Gasteiger partial charge in [-0.05, 0) is 24.3 Å². The largest absolute Gasteiger partial charge is 0.495 e. The molecule has 0 heterocycles. The highest BCUT2D eigenvalue weighted by Crippen LogP contribution is 2.22. The minimum Gasteiger partial charge on any atom is -0.495 e. The lowest BCUT2D eigenvalue weighted by atomic mass is 10.3. The molecular formula is C16H16FN3O3. The summed E-state index contributed by atoms with van der Waals surface area (Å²) in [7, 11) is 1.49. The predicted molar refractivity (Wildman–Crippen MR) is 85.0 cm³/mol. The van der Waals surface area contributed by atoms with Crippen LogP contribution in [-0.2, 0) is 4.79 Å². The summed E-state index contributed by atoms with van der Waals surface area (Å²) in [4.78, 5) is 23.5. The summed E-state index contributed by atoms with van der Waals surface area (Å²) >= 11 is 0. The molecule has 3 N–H and O–H groups in total.